The quantitative estimate of drug-likeness (QED) is 0.408. The zero-order chi connectivity index (χ0) is 22.8. The van der Waals surface area contributed by atoms with E-state index in [1.807, 2.05) is 0 Å². The monoisotopic (exact) mass is 434 g/mol. The van der Waals surface area contributed by atoms with Gasteiger partial charge in [0.15, 0.2) is 12.0 Å². The number of rotatable bonds is 6. The molecule has 0 bridgehead atoms. The molecule has 4 aromatic rings. The maximum atomic E-state index is 13.9. The summed E-state index contributed by atoms with van der Waals surface area (Å²) in [5, 5.41) is 12.1. The Morgan fingerprint density at radius 1 is 1.09 bits per heavy atom. The van der Waals surface area contributed by atoms with Crippen LogP contribution in [0.15, 0.2) is 72.0 Å². The van der Waals surface area contributed by atoms with E-state index < -0.39 is 23.5 Å². The molecule has 0 aliphatic heterocycles. The molecule has 8 heteroatoms. The number of carbonyl (C=O) groups excluding carboxylic acids is 1. The summed E-state index contributed by atoms with van der Waals surface area (Å²) >= 11 is 0. The number of nitrogens with zero attached hydrogens (tertiary/aromatic N) is 1. The first kappa shape index (κ1) is 20.9. The Morgan fingerprint density at radius 3 is 2.50 bits per heavy atom. The van der Waals surface area contributed by atoms with Gasteiger partial charge < -0.3 is 14.8 Å². The van der Waals surface area contributed by atoms with Crippen LogP contribution in [0.25, 0.3) is 33.4 Å². The highest BCUT2D eigenvalue weighted by Gasteiger charge is 2.21. The van der Waals surface area contributed by atoms with Crippen LogP contribution in [-0.2, 0) is 16.0 Å². The van der Waals surface area contributed by atoms with Gasteiger partial charge in [0.1, 0.15) is 17.2 Å². The molecule has 0 spiro atoms. The Bertz CT molecular complexity index is 1360. The molecule has 1 heterocycles. The standard InChI is InChI=1S/C24H16F2N2O4/c1-2-20(29)28-23-17(14-8-15(25)11-16(26)9-14)4-3-5-18(23)22-13(10-21(30)31)6-7-19-24(22)27-12-32-19/h2-9,11-12H,1,10H2,(H,28,29)(H,30,31). The zero-order valence-electron chi connectivity index (χ0n) is 16.6. The summed E-state index contributed by atoms with van der Waals surface area (Å²) < 4.78 is 33.2. The highest BCUT2D eigenvalue weighted by atomic mass is 19.1. The third-order valence-corrected chi connectivity index (χ3v) is 4.87. The van der Waals surface area contributed by atoms with Crippen molar-refractivity contribution in [3.8, 4) is 22.3 Å². The highest BCUT2D eigenvalue weighted by molar-refractivity contribution is 6.08. The van der Waals surface area contributed by atoms with Crippen LogP contribution < -0.4 is 5.32 Å². The van der Waals surface area contributed by atoms with Gasteiger partial charge in [-0.05, 0) is 35.4 Å². The number of fused-ring (bicyclic) bond motifs is 1. The summed E-state index contributed by atoms with van der Waals surface area (Å²) in [6, 6.07) is 11.1. The normalized spacial score (nSPS) is 10.8. The van der Waals surface area contributed by atoms with Gasteiger partial charge in [-0.2, -0.15) is 0 Å². The zero-order valence-corrected chi connectivity index (χ0v) is 16.6. The van der Waals surface area contributed by atoms with Gasteiger partial charge in [-0.25, -0.2) is 13.8 Å². The number of carboxylic acids is 1. The Labute approximate surface area is 180 Å². The third kappa shape index (κ3) is 3.98. The molecule has 0 saturated carbocycles. The molecule has 1 amide bonds. The van der Waals surface area contributed by atoms with E-state index in [0.29, 0.717) is 33.4 Å². The fraction of sp³-hybridized carbons (Fsp3) is 0.0417. The second kappa shape index (κ2) is 8.43. The van der Waals surface area contributed by atoms with E-state index in [-0.39, 0.29) is 17.7 Å². The van der Waals surface area contributed by atoms with Crippen molar-refractivity contribution in [1.82, 2.24) is 4.98 Å². The van der Waals surface area contributed by atoms with Crippen LogP contribution in [0, 0.1) is 11.6 Å². The van der Waals surface area contributed by atoms with Crippen LogP contribution in [0.3, 0.4) is 0 Å². The number of benzene rings is 3. The molecule has 3 aromatic carbocycles. The molecule has 2 N–H and O–H groups in total. The minimum atomic E-state index is -1.06. The molecule has 32 heavy (non-hydrogen) atoms. The first-order chi connectivity index (χ1) is 15.4. The van der Waals surface area contributed by atoms with E-state index in [4.69, 9.17) is 4.42 Å². The Kier molecular flexibility index (Phi) is 5.51. The van der Waals surface area contributed by atoms with Gasteiger partial charge in [0.05, 0.1) is 12.1 Å². The van der Waals surface area contributed by atoms with Gasteiger partial charge in [-0.3, -0.25) is 9.59 Å². The number of aromatic nitrogens is 1. The minimum Gasteiger partial charge on any atom is -0.481 e. The average Bonchev–Trinajstić information content (AvgIpc) is 3.21. The number of halogens is 2. The van der Waals surface area contributed by atoms with Gasteiger partial charge in [0.2, 0.25) is 5.91 Å². The fourth-order valence-electron chi connectivity index (χ4n) is 3.60. The van der Waals surface area contributed by atoms with E-state index in [1.54, 1.807) is 30.3 Å². The van der Waals surface area contributed by atoms with Gasteiger partial charge in [-0.1, -0.05) is 30.8 Å². The lowest BCUT2D eigenvalue weighted by Gasteiger charge is -2.18. The predicted molar refractivity (Wildman–Crippen MR) is 115 cm³/mol. The second-order valence-electron chi connectivity index (χ2n) is 6.95. The SMILES string of the molecule is C=CC(=O)Nc1c(-c2cc(F)cc(F)c2)cccc1-c1c(CC(=O)O)ccc2ocnc12. The number of aliphatic carboxylic acids is 1. The lowest BCUT2D eigenvalue weighted by Crippen LogP contribution is -2.11. The van der Waals surface area contributed by atoms with Crippen molar-refractivity contribution in [3.63, 3.8) is 0 Å². The summed E-state index contributed by atoms with van der Waals surface area (Å²) in [5.74, 6) is -3.18. The molecular formula is C24H16F2N2O4. The Morgan fingerprint density at radius 2 is 1.81 bits per heavy atom. The molecule has 0 radical (unpaired) electrons. The smallest absolute Gasteiger partial charge is 0.307 e. The van der Waals surface area contributed by atoms with Crippen molar-refractivity contribution in [2.24, 2.45) is 0 Å². The second-order valence-corrected chi connectivity index (χ2v) is 6.95. The summed E-state index contributed by atoms with van der Waals surface area (Å²) in [7, 11) is 0. The number of carbonyl (C=O) groups is 2. The van der Waals surface area contributed by atoms with Crippen molar-refractivity contribution in [2.45, 2.75) is 6.42 Å². The van der Waals surface area contributed by atoms with Crippen molar-refractivity contribution in [2.75, 3.05) is 5.32 Å². The molecule has 0 saturated heterocycles. The van der Waals surface area contributed by atoms with Gasteiger partial charge in [0, 0.05) is 22.8 Å². The summed E-state index contributed by atoms with van der Waals surface area (Å²) in [5.41, 5.74) is 2.82. The fourth-order valence-corrected chi connectivity index (χ4v) is 3.60. The molecule has 6 nitrogen and oxygen atoms in total. The van der Waals surface area contributed by atoms with E-state index >= 15 is 0 Å². The van der Waals surface area contributed by atoms with Crippen LogP contribution in [0.2, 0.25) is 0 Å². The minimum absolute atomic E-state index is 0.191. The summed E-state index contributed by atoms with van der Waals surface area (Å²) in [4.78, 5) is 28.0. The summed E-state index contributed by atoms with van der Waals surface area (Å²) in [6.45, 7) is 3.45. The van der Waals surface area contributed by atoms with Crippen molar-refractivity contribution >= 4 is 28.7 Å². The van der Waals surface area contributed by atoms with Crippen LogP contribution in [0.5, 0.6) is 0 Å². The number of hydrogen-bond donors (Lipinski definition) is 2. The number of para-hydroxylation sites is 1. The number of carboxylic acid groups (broad SMARTS) is 1. The highest BCUT2D eigenvalue weighted by Crippen LogP contribution is 2.41. The molecule has 0 aliphatic carbocycles. The Hall–Kier alpha value is -4.33. The first-order valence-corrected chi connectivity index (χ1v) is 9.47. The first-order valence-electron chi connectivity index (χ1n) is 9.47. The molecular weight excluding hydrogens is 418 g/mol. The third-order valence-electron chi connectivity index (χ3n) is 4.87. The number of nitrogens with one attached hydrogen (secondary N) is 1. The van der Waals surface area contributed by atoms with E-state index in [0.717, 1.165) is 24.3 Å². The van der Waals surface area contributed by atoms with Gasteiger partial charge in [0.25, 0.3) is 0 Å². The maximum Gasteiger partial charge on any atom is 0.307 e. The lowest BCUT2D eigenvalue weighted by molar-refractivity contribution is -0.136. The predicted octanol–water partition coefficient (Wildman–Crippen LogP) is 5.19. The van der Waals surface area contributed by atoms with Crippen molar-refractivity contribution in [3.05, 3.63) is 84.8 Å². The number of anilines is 1. The van der Waals surface area contributed by atoms with Crippen molar-refractivity contribution < 1.29 is 27.9 Å². The molecule has 0 fully saturated rings. The summed E-state index contributed by atoms with van der Waals surface area (Å²) in [6.07, 6.45) is 1.97. The lowest BCUT2D eigenvalue weighted by atomic mass is 9.91. The van der Waals surface area contributed by atoms with E-state index in [2.05, 4.69) is 16.9 Å². The van der Waals surface area contributed by atoms with Crippen LogP contribution >= 0.6 is 0 Å². The van der Waals surface area contributed by atoms with E-state index in [9.17, 15) is 23.5 Å². The molecule has 160 valence electrons. The molecule has 0 unspecified atom stereocenters. The maximum absolute atomic E-state index is 13.9. The van der Waals surface area contributed by atoms with Crippen LogP contribution in [0.1, 0.15) is 5.56 Å². The topological polar surface area (TPSA) is 92.4 Å². The number of hydrogen-bond acceptors (Lipinski definition) is 4. The molecule has 4 rings (SSSR count). The molecule has 1 aromatic heterocycles. The van der Waals surface area contributed by atoms with Crippen molar-refractivity contribution in [1.29, 1.82) is 0 Å². The Balaban J connectivity index is 2.06. The average molecular weight is 434 g/mol. The van der Waals surface area contributed by atoms with Crippen LogP contribution in [0.4, 0.5) is 14.5 Å². The van der Waals surface area contributed by atoms with E-state index in [1.165, 1.54) is 6.39 Å². The molecule has 0 aliphatic rings. The van der Waals surface area contributed by atoms with Crippen LogP contribution in [-0.4, -0.2) is 22.0 Å². The molecule has 0 atom stereocenters. The number of amides is 1. The largest absolute Gasteiger partial charge is 0.481 e. The number of oxazole rings is 1. The van der Waals surface area contributed by atoms with Gasteiger partial charge in [-0.15, -0.1) is 0 Å². The van der Waals surface area contributed by atoms with Gasteiger partial charge >= 0.3 is 5.97 Å².